The van der Waals surface area contributed by atoms with Gasteiger partial charge in [-0.1, -0.05) is 30.3 Å². The average molecular weight is 319 g/mol. The summed E-state index contributed by atoms with van der Waals surface area (Å²) in [5, 5.41) is 13.9. The van der Waals surface area contributed by atoms with E-state index in [4.69, 9.17) is 5.11 Å². The maximum Gasteiger partial charge on any atom is 0.321 e. The van der Waals surface area contributed by atoms with Gasteiger partial charge < -0.3 is 10.4 Å². The molecule has 1 heterocycles. The molecule has 23 heavy (non-hydrogen) atoms. The smallest absolute Gasteiger partial charge is 0.321 e. The summed E-state index contributed by atoms with van der Waals surface area (Å²) in [5.41, 5.74) is 0.937. The molecule has 1 aliphatic heterocycles. The van der Waals surface area contributed by atoms with E-state index in [1.165, 1.54) is 0 Å². The summed E-state index contributed by atoms with van der Waals surface area (Å²) in [6.07, 6.45) is 0.521. The maximum absolute atomic E-state index is 12.1. The van der Waals surface area contributed by atoms with Crippen molar-refractivity contribution in [2.75, 3.05) is 13.1 Å². The zero-order chi connectivity index (χ0) is 16.8. The van der Waals surface area contributed by atoms with Crippen molar-refractivity contribution in [3.05, 3.63) is 35.9 Å². The normalized spacial score (nSPS) is 19.1. The molecule has 0 radical (unpaired) electrons. The van der Waals surface area contributed by atoms with E-state index in [0.29, 0.717) is 26.1 Å². The molecule has 0 bridgehead atoms. The fourth-order valence-corrected chi connectivity index (χ4v) is 2.55. The Morgan fingerprint density at radius 3 is 2.61 bits per heavy atom. The van der Waals surface area contributed by atoms with Gasteiger partial charge >= 0.3 is 12.0 Å². The van der Waals surface area contributed by atoms with Gasteiger partial charge in [-0.3, -0.25) is 19.8 Å². The molecule has 3 N–H and O–H groups in total. The zero-order valence-corrected chi connectivity index (χ0v) is 13.0. The Kier molecular flexibility index (Phi) is 5.70. The lowest BCUT2D eigenvalue weighted by Gasteiger charge is -2.22. The Morgan fingerprint density at radius 2 is 2.00 bits per heavy atom. The number of hydrogen-bond donors (Lipinski definition) is 3. The third kappa shape index (κ3) is 4.79. The Morgan fingerprint density at radius 1 is 1.30 bits per heavy atom. The number of nitrogens with zero attached hydrogens (tertiary/aromatic N) is 1. The maximum atomic E-state index is 12.1. The van der Waals surface area contributed by atoms with Gasteiger partial charge in [-0.2, -0.15) is 0 Å². The van der Waals surface area contributed by atoms with Crippen molar-refractivity contribution in [3.8, 4) is 0 Å². The molecule has 2 unspecified atom stereocenters. The summed E-state index contributed by atoms with van der Waals surface area (Å²) in [4.78, 5) is 36.6. The average Bonchev–Trinajstić information content (AvgIpc) is 3.03. The van der Waals surface area contributed by atoms with Crippen LogP contribution in [0.15, 0.2) is 30.3 Å². The number of rotatable bonds is 5. The summed E-state index contributed by atoms with van der Waals surface area (Å²) in [6.45, 7) is 2.87. The van der Waals surface area contributed by atoms with Gasteiger partial charge in [0.2, 0.25) is 5.91 Å². The van der Waals surface area contributed by atoms with E-state index in [-0.39, 0.29) is 0 Å². The fourth-order valence-electron chi connectivity index (χ4n) is 2.55. The van der Waals surface area contributed by atoms with E-state index in [9.17, 15) is 14.4 Å². The van der Waals surface area contributed by atoms with Crippen LogP contribution in [0.2, 0.25) is 0 Å². The second kappa shape index (κ2) is 7.73. The second-order valence-electron chi connectivity index (χ2n) is 5.65. The second-order valence-corrected chi connectivity index (χ2v) is 5.65. The fraction of sp³-hybridized carbons (Fsp3) is 0.438. The van der Waals surface area contributed by atoms with Crippen LogP contribution in [0, 0.1) is 5.92 Å². The van der Waals surface area contributed by atoms with Gasteiger partial charge in [-0.05, 0) is 25.5 Å². The van der Waals surface area contributed by atoms with E-state index in [1.807, 2.05) is 30.3 Å². The van der Waals surface area contributed by atoms with E-state index in [1.54, 1.807) is 11.8 Å². The van der Waals surface area contributed by atoms with Crippen molar-refractivity contribution in [3.63, 3.8) is 0 Å². The molecule has 1 aliphatic rings. The lowest BCUT2D eigenvalue weighted by atomic mass is 10.1. The number of urea groups is 1. The Hall–Kier alpha value is -2.41. The Labute approximate surface area is 134 Å². The number of carbonyl (C=O) groups is 3. The van der Waals surface area contributed by atoms with Crippen molar-refractivity contribution in [1.29, 1.82) is 0 Å². The van der Waals surface area contributed by atoms with Crippen molar-refractivity contribution >= 4 is 17.9 Å². The number of carbonyl (C=O) groups excluding carboxylic acids is 2. The number of carboxylic acids is 1. The monoisotopic (exact) mass is 319 g/mol. The molecular formula is C16H21N3O4. The van der Waals surface area contributed by atoms with E-state index < -0.39 is 29.9 Å². The van der Waals surface area contributed by atoms with Gasteiger partial charge in [0.25, 0.3) is 0 Å². The molecule has 0 spiro atoms. The largest absolute Gasteiger partial charge is 0.481 e. The van der Waals surface area contributed by atoms with Crippen molar-refractivity contribution in [2.45, 2.75) is 25.9 Å². The van der Waals surface area contributed by atoms with Crippen molar-refractivity contribution < 1.29 is 19.5 Å². The quantitative estimate of drug-likeness (QED) is 0.746. The predicted molar refractivity (Wildman–Crippen MR) is 83.6 cm³/mol. The highest BCUT2D eigenvalue weighted by molar-refractivity contribution is 5.96. The minimum Gasteiger partial charge on any atom is -0.481 e. The van der Waals surface area contributed by atoms with Gasteiger partial charge in [-0.15, -0.1) is 0 Å². The first-order chi connectivity index (χ1) is 11.0. The molecule has 2 rings (SSSR count). The highest BCUT2D eigenvalue weighted by Gasteiger charge is 2.33. The van der Waals surface area contributed by atoms with E-state index >= 15 is 0 Å². The summed E-state index contributed by atoms with van der Waals surface area (Å²) in [6, 6.07) is 8.28. The molecular weight excluding hydrogens is 298 g/mol. The summed E-state index contributed by atoms with van der Waals surface area (Å²) in [5.74, 6) is -1.72. The molecule has 2 atom stereocenters. The molecule has 3 amide bonds. The number of likely N-dealkylation sites (tertiary alicyclic amines) is 1. The van der Waals surface area contributed by atoms with Crippen LogP contribution in [0.25, 0.3) is 0 Å². The molecule has 7 heteroatoms. The molecule has 0 aliphatic carbocycles. The lowest BCUT2D eigenvalue weighted by Crippen LogP contribution is -2.49. The summed E-state index contributed by atoms with van der Waals surface area (Å²) in [7, 11) is 0. The molecule has 0 saturated carbocycles. The highest BCUT2D eigenvalue weighted by Crippen LogP contribution is 2.18. The van der Waals surface area contributed by atoms with Gasteiger partial charge in [0.1, 0.15) is 0 Å². The van der Waals surface area contributed by atoms with E-state index in [0.717, 1.165) is 5.56 Å². The summed E-state index contributed by atoms with van der Waals surface area (Å²) < 4.78 is 0. The number of nitrogens with one attached hydrogen (secondary N) is 2. The van der Waals surface area contributed by atoms with Gasteiger partial charge in [0.05, 0.1) is 12.0 Å². The molecule has 124 valence electrons. The standard InChI is InChI=1S/C16H21N3O4/c1-11(19-8-7-13(10-19)15(21)22)14(20)18-16(23)17-9-12-5-3-2-4-6-12/h2-6,11,13H,7-10H2,1H3,(H,21,22)(H2,17,18,20,23). The van der Waals surface area contributed by atoms with Crippen LogP contribution >= 0.6 is 0 Å². The first-order valence-electron chi connectivity index (χ1n) is 7.57. The molecule has 1 fully saturated rings. The molecule has 0 aromatic heterocycles. The molecule has 1 saturated heterocycles. The SMILES string of the molecule is CC(C(=O)NC(=O)NCc1ccccc1)N1CCC(C(=O)O)C1. The number of hydrogen-bond acceptors (Lipinski definition) is 4. The van der Waals surface area contributed by atoms with Crippen LogP contribution in [0.3, 0.4) is 0 Å². The Balaban J connectivity index is 1.77. The molecule has 1 aromatic carbocycles. The van der Waals surface area contributed by atoms with Gasteiger partial charge in [-0.25, -0.2) is 4.79 Å². The van der Waals surface area contributed by atoms with Crippen molar-refractivity contribution in [2.24, 2.45) is 5.92 Å². The predicted octanol–water partition coefficient (Wildman–Crippen LogP) is 0.807. The van der Waals surface area contributed by atoms with Crippen LogP contribution in [0.4, 0.5) is 4.79 Å². The lowest BCUT2D eigenvalue weighted by molar-refractivity contribution is -0.141. The third-order valence-corrected chi connectivity index (χ3v) is 4.03. The highest BCUT2D eigenvalue weighted by atomic mass is 16.4. The Bertz CT molecular complexity index is 576. The number of imide groups is 1. The number of carboxylic acid groups (broad SMARTS) is 1. The zero-order valence-electron chi connectivity index (χ0n) is 13.0. The van der Waals surface area contributed by atoms with Crippen LogP contribution < -0.4 is 10.6 Å². The van der Waals surface area contributed by atoms with E-state index in [2.05, 4.69) is 10.6 Å². The summed E-state index contributed by atoms with van der Waals surface area (Å²) >= 11 is 0. The first kappa shape index (κ1) is 17.0. The first-order valence-corrected chi connectivity index (χ1v) is 7.57. The van der Waals surface area contributed by atoms with Crippen LogP contribution in [0.5, 0.6) is 0 Å². The van der Waals surface area contributed by atoms with Crippen LogP contribution in [0.1, 0.15) is 18.9 Å². The number of aliphatic carboxylic acids is 1. The topological polar surface area (TPSA) is 98.7 Å². The molecule has 7 nitrogen and oxygen atoms in total. The molecule has 1 aromatic rings. The van der Waals surface area contributed by atoms with Crippen LogP contribution in [-0.4, -0.2) is 47.0 Å². The minimum atomic E-state index is -0.847. The van der Waals surface area contributed by atoms with Crippen molar-refractivity contribution in [1.82, 2.24) is 15.5 Å². The third-order valence-electron chi connectivity index (χ3n) is 4.03. The van der Waals surface area contributed by atoms with Gasteiger partial charge in [0, 0.05) is 13.1 Å². The minimum absolute atomic E-state index is 0.329. The number of benzene rings is 1. The van der Waals surface area contributed by atoms with Gasteiger partial charge in [0.15, 0.2) is 0 Å². The van der Waals surface area contributed by atoms with Crippen LogP contribution in [-0.2, 0) is 16.1 Å². The number of amides is 3.